The van der Waals surface area contributed by atoms with E-state index in [9.17, 15) is 5.11 Å². The highest BCUT2D eigenvalue weighted by atomic mass is 32.1. The van der Waals surface area contributed by atoms with Gasteiger partial charge in [-0.15, -0.1) is 11.3 Å². The second kappa shape index (κ2) is 5.06. The van der Waals surface area contributed by atoms with Gasteiger partial charge in [-0.25, -0.2) is 4.98 Å². The van der Waals surface area contributed by atoms with Gasteiger partial charge in [0.05, 0.1) is 16.3 Å². The van der Waals surface area contributed by atoms with E-state index in [1.54, 1.807) is 11.3 Å². The van der Waals surface area contributed by atoms with Gasteiger partial charge in [-0.05, 0) is 12.5 Å². The first-order valence-corrected chi connectivity index (χ1v) is 7.40. The molecule has 0 saturated heterocycles. The normalized spacial score (nSPS) is 15.2. The summed E-state index contributed by atoms with van der Waals surface area (Å²) < 4.78 is 0. The van der Waals surface area contributed by atoms with Crippen molar-refractivity contribution in [3.63, 3.8) is 0 Å². The minimum absolute atomic E-state index is 0.0629. The standard InChI is InChI=1S/C16H21NOS/c1-15(2,3)13-11-19-14(17-13)10-16(4,18)12-8-6-5-7-9-12/h5-9,11,18H,10H2,1-4H3. The average Bonchev–Trinajstić information content (AvgIpc) is 2.78. The van der Waals surface area contributed by atoms with Gasteiger partial charge in [0.15, 0.2) is 0 Å². The maximum Gasteiger partial charge on any atom is 0.0960 e. The van der Waals surface area contributed by atoms with Crippen LogP contribution in [0.1, 0.15) is 44.0 Å². The number of aliphatic hydroxyl groups is 1. The summed E-state index contributed by atoms with van der Waals surface area (Å²) in [5.41, 5.74) is 1.22. The molecular formula is C16H21NOS. The van der Waals surface area contributed by atoms with E-state index >= 15 is 0 Å². The summed E-state index contributed by atoms with van der Waals surface area (Å²) >= 11 is 1.63. The summed E-state index contributed by atoms with van der Waals surface area (Å²) in [4.78, 5) is 4.65. The van der Waals surface area contributed by atoms with Crippen LogP contribution in [0.15, 0.2) is 35.7 Å². The number of hydrogen-bond acceptors (Lipinski definition) is 3. The monoisotopic (exact) mass is 275 g/mol. The zero-order chi connectivity index (χ0) is 14.1. The second-order valence-electron chi connectivity index (χ2n) is 6.19. The summed E-state index contributed by atoms with van der Waals surface area (Å²) in [7, 11) is 0. The van der Waals surface area contributed by atoms with Crippen molar-refractivity contribution in [2.45, 2.75) is 45.1 Å². The molecule has 2 aromatic rings. The fourth-order valence-electron chi connectivity index (χ4n) is 1.93. The quantitative estimate of drug-likeness (QED) is 0.922. The van der Waals surface area contributed by atoms with Gasteiger partial charge in [-0.1, -0.05) is 51.1 Å². The first-order chi connectivity index (χ1) is 8.79. The van der Waals surface area contributed by atoms with Gasteiger partial charge < -0.3 is 5.11 Å². The van der Waals surface area contributed by atoms with Crippen LogP contribution in [0, 0.1) is 0 Å². The van der Waals surface area contributed by atoms with E-state index in [0.717, 1.165) is 16.3 Å². The first-order valence-electron chi connectivity index (χ1n) is 6.52. The Hall–Kier alpha value is -1.19. The highest BCUT2D eigenvalue weighted by Gasteiger charge is 2.26. The van der Waals surface area contributed by atoms with Crippen molar-refractivity contribution < 1.29 is 5.11 Å². The second-order valence-corrected chi connectivity index (χ2v) is 7.14. The van der Waals surface area contributed by atoms with E-state index in [1.165, 1.54) is 0 Å². The molecule has 2 nitrogen and oxygen atoms in total. The predicted octanol–water partition coefficient (Wildman–Crippen LogP) is 3.89. The number of thiazole rings is 1. The van der Waals surface area contributed by atoms with Crippen LogP contribution in [0.25, 0.3) is 0 Å². The third kappa shape index (κ3) is 3.43. The Balaban J connectivity index is 2.19. The van der Waals surface area contributed by atoms with Crippen LogP contribution < -0.4 is 0 Å². The minimum atomic E-state index is -0.867. The molecule has 0 amide bonds. The number of hydrogen-bond donors (Lipinski definition) is 1. The Labute approximate surface area is 119 Å². The Morgan fingerprint density at radius 3 is 2.26 bits per heavy atom. The molecule has 0 saturated carbocycles. The fourth-order valence-corrected chi connectivity index (χ4v) is 3.10. The van der Waals surface area contributed by atoms with Gasteiger partial charge in [0.2, 0.25) is 0 Å². The molecule has 0 bridgehead atoms. The smallest absolute Gasteiger partial charge is 0.0960 e. The number of rotatable bonds is 3. The lowest BCUT2D eigenvalue weighted by molar-refractivity contribution is 0.0575. The van der Waals surface area contributed by atoms with E-state index in [1.807, 2.05) is 37.3 Å². The molecule has 0 spiro atoms. The highest BCUT2D eigenvalue weighted by molar-refractivity contribution is 7.09. The molecule has 0 aliphatic heterocycles. The number of nitrogens with zero attached hydrogens (tertiary/aromatic N) is 1. The summed E-state index contributed by atoms with van der Waals surface area (Å²) in [6, 6.07) is 9.77. The first kappa shape index (κ1) is 14.2. The third-order valence-corrected chi connectivity index (χ3v) is 4.06. The topological polar surface area (TPSA) is 33.1 Å². The van der Waals surface area contributed by atoms with Gasteiger partial charge >= 0.3 is 0 Å². The lowest BCUT2D eigenvalue weighted by Crippen LogP contribution is -2.24. The van der Waals surface area contributed by atoms with E-state index in [0.29, 0.717) is 6.42 Å². The SMILES string of the molecule is CC(C)(C)c1csc(CC(C)(O)c2ccccc2)n1. The molecule has 1 atom stereocenters. The van der Waals surface area contributed by atoms with Gasteiger partial charge in [-0.3, -0.25) is 0 Å². The summed E-state index contributed by atoms with van der Waals surface area (Å²) in [5.74, 6) is 0. The average molecular weight is 275 g/mol. The molecule has 1 N–H and O–H groups in total. The lowest BCUT2D eigenvalue weighted by atomic mass is 9.92. The lowest BCUT2D eigenvalue weighted by Gasteiger charge is -2.22. The highest BCUT2D eigenvalue weighted by Crippen LogP contribution is 2.29. The molecule has 2 rings (SSSR count). The number of benzene rings is 1. The maximum atomic E-state index is 10.6. The minimum Gasteiger partial charge on any atom is -0.385 e. The van der Waals surface area contributed by atoms with Crippen molar-refractivity contribution in [2.75, 3.05) is 0 Å². The van der Waals surface area contributed by atoms with Crippen molar-refractivity contribution in [3.05, 3.63) is 52.0 Å². The van der Waals surface area contributed by atoms with Gasteiger partial charge in [0.25, 0.3) is 0 Å². The largest absolute Gasteiger partial charge is 0.385 e. The zero-order valence-electron chi connectivity index (χ0n) is 12.0. The fraction of sp³-hybridized carbons (Fsp3) is 0.438. The molecule has 0 fully saturated rings. The summed E-state index contributed by atoms with van der Waals surface area (Å²) in [6.07, 6.45) is 0.553. The molecule has 0 aliphatic rings. The van der Waals surface area contributed by atoms with Crippen molar-refractivity contribution >= 4 is 11.3 Å². The Kier molecular flexibility index (Phi) is 3.79. The Bertz CT molecular complexity index is 537. The maximum absolute atomic E-state index is 10.6. The van der Waals surface area contributed by atoms with Crippen molar-refractivity contribution in [2.24, 2.45) is 0 Å². The van der Waals surface area contributed by atoms with Gasteiger partial charge in [0, 0.05) is 17.2 Å². The molecule has 1 aromatic carbocycles. The van der Waals surface area contributed by atoms with Crippen LogP contribution in [0.4, 0.5) is 0 Å². The van der Waals surface area contributed by atoms with Crippen molar-refractivity contribution in [1.82, 2.24) is 4.98 Å². The van der Waals surface area contributed by atoms with E-state index in [2.05, 4.69) is 31.1 Å². The Morgan fingerprint density at radius 1 is 1.11 bits per heavy atom. The predicted molar refractivity (Wildman–Crippen MR) is 80.5 cm³/mol. The van der Waals surface area contributed by atoms with E-state index in [4.69, 9.17) is 0 Å². The molecule has 1 unspecified atom stereocenters. The van der Waals surface area contributed by atoms with Crippen LogP contribution >= 0.6 is 11.3 Å². The summed E-state index contributed by atoms with van der Waals surface area (Å²) in [5, 5.41) is 13.7. The van der Waals surface area contributed by atoms with Crippen molar-refractivity contribution in [1.29, 1.82) is 0 Å². The van der Waals surface area contributed by atoms with Crippen LogP contribution in [-0.2, 0) is 17.4 Å². The molecule has 102 valence electrons. The number of aromatic nitrogens is 1. The van der Waals surface area contributed by atoms with E-state index < -0.39 is 5.60 Å². The molecule has 1 aromatic heterocycles. The Morgan fingerprint density at radius 2 is 1.74 bits per heavy atom. The molecule has 1 heterocycles. The van der Waals surface area contributed by atoms with Crippen molar-refractivity contribution in [3.8, 4) is 0 Å². The molecule has 3 heteroatoms. The van der Waals surface area contributed by atoms with Gasteiger partial charge in [0.1, 0.15) is 0 Å². The molecule has 0 radical (unpaired) electrons. The summed E-state index contributed by atoms with van der Waals surface area (Å²) in [6.45, 7) is 8.31. The zero-order valence-corrected chi connectivity index (χ0v) is 12.8. The third-order valence-electron chi connectivity index (χ3n) is 3.21. The molecule has 0 aliphatic carbocycles. The van der Waals surface area contributed by atoms with Gasteiger partial charge in [-0.2, -0.15) is 0 Å². The molecular weight excluding hydrogens is 254 g/mol. The molecule has 19 heavy (non-hydrogen) atoms. The van der Waals surface area contributed by atoms with E-state index in [-0.39, 0.29) is 5.41 Å². The van der Waals surface area contributed by atoms with Crippen LogP contribution in [-0.4, -0.2) is 10.1 Å². The van der Waals surface area contributed by atoms with Crippen LogP contribution in [0.3, 0.4) is 0 Å². The van der Waals surface area contributed by atoms with Crippen LogP contribution in [0.2, 0.25) is 0 Å². The van der Waals surface area contributed by atoms with Crippen LogP contribution in [0.5, 0.6) is 0 Å².